The maximum absolute atomic E-state index is 11.9. The minimum absolute atomic E-state index is 0.127. The Morgan fingerprint density at radius 3 is 2.76 bits per heavy atom. The predicted octanol–water partition coefficient (Wildman–Crippen LogP) is 2.53. The number of hydrogen-bond donors (Lipinski definition) is 2. The summed E-state index contributed by atoms with van der Waals surface area (Å²) in [6.45, 7) is 3.88. The summed E-state index contributed by atoms with van der Waals surface area (Å²) in [6.07, 6.45) is 1.87. The molecule has 1 aromatic rings. The first-order valence-corrected chi connectivity index (χ1v) is 7.78. The molecule has 1 saturated carbocycles. The third-order valence-corrected chi connectivity index (χ3v) is 4.46. The number of carbonyl (C=O) groups is 2. The number of urea groups is 1. The highest BCUT2D eigenvalue weighted by molar-refractivity contribution is 7.15. The molecular weight excluding hydrogens is 292 g/mol. The smallest absolute Gasteiger partial charge is 0.341 e. The van der Waals surface area contributed by atoms with Crippen LogP contribution >= 0.6 is 11.3 Å². The van der Waals surface area contributed by atoms with E-state index in [0.29, 0.717) is 17.2 Å². The molecule has 2 rings (SSSR count). The number of esters is 1. The number of ether oxygens (including phenoxy) is 2. The minimum atomic E-state index is -0.408. The van der Waals surface area contributed by atoms with Crippen molar-refractivity contribution in [2.75, 3.05) is 19.0 Å². The lowest BCUT2D eigenvalue weighted by Crippen LogP contribution is -2.48. The van der Waals surface area contributed by atoms with Gasteiger partial charge in [0.05, 0.1) is 18.3 Å². The highest BCUT2D eigenvalue weighted by Crippen LogP contribution is 2.29. The van der Waals surface area contributed by atoms with Gasteiger partial charge in [-0.15, -0.1) is 11.3 Å². The number of rotatable bonds is 5. The van der Waals surface area contributed by atoms with Gasteiger partial charge in [0, 0.05) is 13.2 Å². The van der Waals surface area contributed by atoms with Crippen molar-refractivity contribution < 1.29 is 19.1 Å². The second-order valence-corrected chi connectivity index (χ2v) is 5.85. The maximum atomic E-state index is 11.9. The van der Waals surface area contributed by atoms with Gasteiger partial charge in [-0.25, -0.2) is 9.59 Å². The zero-order valence-corrected chi connectivity index (χ0v) is 13.2. The van der Waals surface area contributed by atoms with Crippen LogP contribution in [0.5, 0.6) is 0 Å². The molecule has 0 aromatic carbocycles. The van der Waals surface area contributed by atoms with Crippen molar-refractivity contribution >= 4 is 28.3 Å². The lowest BCUT2D eigenvalue weighted by Gasteiger charge is -2.34. The molecule has 6 nitrogen and oxygen atoms in total. The average molecular weight is 312 g/mol. The lowest BCUT2D eigenvalue weighted by molar-refractivity contribution is 0.0210. The number of aryl methyl sites for hydroxylation is 1. The van der Waals surface area contributed by atoms with Gasteiger partial charge in [0.2, 0.25) is 0 Å². The third-order valence-electron chi connectivity index (χ3n) is 3.44. The van der Waals surface area contributed by atoms with Crippen molar-refractivity contribution in [2.24, 2.45) is 0 Å². The van der Waals surface area contributed by atoms with Crippen molar-refractivity contribution in [2.45, 2.75) is 38.8 Å². The quantitative estimate of drug-likeness (QED) is 0.819. The van der Waals surface area contributed by atoms with E-state index in [2.05, 4.69) is 10.6 Å². The summed E-state index contributed by atoms with van der Waals surface area (Å²) in [5.74, 6) is -0.408. The van der Waals surface area contributed by atoms with E-state index in [4.69, 9.17) is 9.47 Å². The van der Waals surface area contributed by atoms with Crippen LogP contribution in [0, 0.1) is 6.92 Å². The third kappa shape index (κ3) is 3.74. The van der Waals surface area contributed by atoms with Crippen LogP contribution in [-0.4, -0.2) is 37.9 Å². The second-order valence-electron chi connectivity index (χ2n) is 4.97. The molecule has 2 amide bonds. The van der Waals surface area contributed by atoms with Crippen LogP contribution in [0.25, 0.3) is 0 Å². The monoisotopic (exact) mass is 312 g/mol. The molecule has 1 aliphatic rings. The first kappa shape index (κ1) is 15.8. The molecule has 1 aliphatic carbocycles. The fourth-order valence-corrected chi connectivity index (χ4v) is 3.12. The number of methoxy groups -OCH3 is 1. The summed E-state index contributed by atoms with van der Waals surface area (Å²) in [4.78, 5) is 23.8. The van der Waals surface area contributed by atoms with Crippen LogP contribution in [0.1, 0.15) is 35.7 Å². The first-order valence-electron chi connectivity index (χ1n) is 6.90. The van der Waals surface area contributed by atoms with Crippen molar-refractivity contribution in [3.05, 3.63) is 16.5 Å². The van der Waals surface area contributed by atoms with Crippen LogP contribution in [-0.2, 0) is 9.47 Å². The first-order chi connectivity index (χ1) is 10.0. The van der Waals surface area contributed by atoms with Gasteiger partial charge in [0.25, 0.3) is 0 Å². The highest BCUT2D eigenvalue weighted by atomic mass is 32.1. The van der Waals surface area contributed by atoms with E-state index < -0.39 is 5.97 Å². The Hall–Kier alpha value is -1.60. The van der Waals surface area contributed by atoms with Crippen LogP contribution in [0.2, 0.25) is 0 Å². The highest BCUT2D eigenvalue weighted by Gasteiger charge is 2.30. The molecule has 116 valence electrons. The standard InChI is InChI=1S/C14H20N2O4S/c1-4-20-13(17)11-8(2)7-21-12(11)16-14(18)15-9-5-10(6-9)19-3/h7,9-10H,4-6H2,1-3H3,(H2,15,16,18)/t9-,10-. The molecule has 0 atom stereocenters. The molecule has 2 N–H and O–H groups in total. The summed E-state index contributed by atoms with van der Waals surface area (Å²) < 4.78 is 10.2. The number of anilines is 1. The summed E-state index contributed by atoms with van der Waals surface area (Å²) in [7, 11) is 1.67. The molecule has 1 aromatic heterocycles. The van der Waals surface area contributed by atoms with Crippen LogP contribution in [0.3, 0.4) is 0 Å². The zero-order chi connectivity index (χ0) is 15.4. The van der Waals surface area contributed by atoms with Crippen molar-refractivity contribution in [3.8, 4) is 0 Å². The molecule has 0 bridgehead atoms. The van der Waals surface area contributed by atoms with Crippen LogP contribution in [0.15, 0.2) is 5.38 Å². The fourth-order valence-electron chi connectivity index (χ4n) is 2.19. The van der Waals surface area contributed by atoms with Crippen molar-refractivity contribution in [1.29, 1.82) is 0 Å². The molecule has 1 heterocycles. The molecule has 1 fully saturated rings. The summed E-state index contributed by atoms with van der Waals surface area (Å²) in [5, 5.41) is 7.94. The molecular formula is C14H20N2O4S. The minimum Gasteiger partial charge on any atom is -0.462 e. The molecule has 0 unspecified atom stereocenters. The molecule has 0 aliphatic heterocycles. The van der Waals surface area contributed by atoms with Gasteiger partial charge >= 0.3 is 12.0 Å². The average Bonchev–Trinajstić information content (AvgIpc) is 2.74. The second kappa shape index (κ2) is 6.91. The van der Waals surface area contributed by atoms with Gasteiger partial charge in [0.15, 0.2) is 0 Å². The number of amides is 2. The predicted molar refractivity (Wildman–Crippen MR) is 81.0 cm³/mol. The van der Waals surface area contributed by atoms with Crippen LogP contribution in [0.4, 0.5) is 9.80 Å². The van der Waals surface area contributed by atoms with Gasteiger partial charge in [-0.3, -0.25) is 5.32 Å². The Labute approximate surface area is 127 Å². The molecule has 21 heavy (non-hydrogen) atoms. The Morgan fingerprint density at radius 2 is 2.14 bits per heavy atom. The van der Waals surface area contributed by atoms with Gasteiger partial charge in [-0.1, -0.05) is 0 Å². The normalized spacial score (nSPS) is 20.5. The summed E-state index contributed by atoms with van der Waals surface area (Å²) >= 11 is 1.32. The van der Waals surface area contributed by atoms with E-state index >= 15 is 0 Å². The van der Waals surface area contributed by atoms with E-state index in [9.17, 15) is 9.59 Å². The number of nitrogens with one attached hydrogen (secondary N) is 2. The van der Waals surface area contributed by atoms with Gasteiger partial charge in [0.1, 0.15) is 5.00 Å². The van der Waals surface area contributed by atoms with E-state index in [1.165, 1.54) is 11.3 Å². The Bertz CT molecular complexity index is 523. The molecule has 7 heteroatoms. The number of hydrogen-bond acceptors (Lipinski definition) is 5. The Morgan fingerprint density at radius 1 is 1.43 bits per heavy atom. The van der Waals surface area contributed by atoms with E-state index in [1.807, 2.05) is 12.3 Å². The van der Waals surface area contributed by atoms with E-state index in [0.717, 1.165) is 18.4 Å². The van der Waals surface area contributed by atoms with Crippen molar-refractivity contribution in [3.63, 3.8) is 0 Å². The van der Waals surface area contributed by atoms with Gasteiger partial charge in [-0.2, -0.15) is 0 Å². The molecule has 0 radical (unpaired) electrons. The maximum Gasteiger partial charge on any atom is 0.341 e. The van der Waals surface area contributed by atoms with E-state index in [-0.39, 0.29) is 18.2 Å². The van der Waals surface area contributed by atoms with Gasteiger partial charge in [-0.05, 0) is 37.6 Å². The summed E-state index contributed by atoms with van der Waals surface area (Å²) in [5.41, 5.74) is 1.23. The largest absolute Gasteiger partial charge is 0.462 e. The Kier molecular flexibility index (Phi) is 5.19. The van der Waals surface area contributed by atoms with Gasteiger partial charge < -0.3 is 14.8 Å². The van der Waals surface area contributed by atoms with Crippen LogP contribution < -0.4 is 10.6 Å². The molecule has 0 saturated heterocycles. The fraction of sp³-hybridized carbons (Fsp3) is 0.571. The molecule has 0 spiro atoms. The topological polar surface area (TPSA) is 76.7 Å². The number of carbonyl (C=O) groups excluding carboxylic acids is 2. The Balaban J connectivity index is 1.93. The SMILES string of the molecule is CCOC(=O)c1c(C)csc1NC(=O)N[C@H]1C[C@H](OC)C1. The zero-order valence-electron chi connectivity index (χ0n) is 12.4. The summed E-state index contributed by atoms with van der Waals surface area (Å²) in [6, 6.07) is -0.177. The van der Waals surface area contributed by atoms with Crippen molar-refractivity contribution in [1.82, 2.24) is 5.32 Å². The lowest BCUT2D eigenvalue weighted by atomic mass is 9.89. The number of thiophene rings is 1. The van der Waals surface area contributed by atoms with E-state index in [1.54, 1.807) is 14.0 Å².